The summed E-state index contributed by atoms with van der Waals surface area (Å²) in [4.78, 5) is 60.8. The second kappa shape index (κ2) is 27.2. The third kappa shape index (κ3) is 13.0. The Labute approximate surface area is 545 Å². The summed E-state index contributed by atoms with van der Waals surface area (Å²) < 4.78 is 27.2. The molecule has 10 aromatic carbocycles. The maximum atomic E-state index is 12.2. The summed E-state index contributed by atoms with van der Waals surface area (Å²) in [6, 6.07) is 66.1. The van der Waals surface area contributed by atoms with E-state index in [1.165, 1.54) is 22.3 Å². The van der Waals surface area contributed by atoms with Crippen molar-refractivity contribution in [3.05, 3.63) is 323 Å². The molecule has 5 atom stereocenters. The molecular weight excluding hydrogens is 1160 g/mol. The molecule has 0 saturated heterocycles. The number of benzene rings is 10. The lowest BCUT2D eigenvalue weighted by Crippen LogP contribution is -2.13. The molecule has 0 bridgehead atoms. The van der Waals surface area contributed by atoms with Crippen LogP contribution in [0.25, 0.3) is 0 Å². The van der Waals surface area contributed by atoms with Crippen LogP contribution in [-0.2, 0) is 30.4 Å². The van der Waals surface area contributed by atoms with E-state index in [-0.39, 0.29) is 59.4 Å². The van der Waals surface area contributed by atoms with E-state index in [9.17, 15) is 24.0 Å². The molecule has 0 aromatic heterocycles. The fraction of sp³-hybridized carbons (Fsp3) is 0.217. The highest BCUT2D eigenvalue weighted by Gasteiger charge is 2.40. The van der Waals surface area contributed by atoms with Gasteiger partial charge >= 0.3 is 29.8 Å². The minimum absolute atomic E-state index is 0.162. The van der Waals surface area contributed by atoms with Gasteiger partial charge in [0.2, 0.25) is 0 Å². The molecule has 0 N–H and O–H groups in total. The molecule has 0 aliphatic carbocycles. The highest BCUT2D eigenvalue weighted by Crippen LogP contribution is 2.46. The molecule has 0 radical (unpaired) electrons. The van der Waals surface area contributed by atoms with E-state index < -0.39 is 0 Å². The van der Waals surface area contributed by atoms with Gasteiger partial charge in [-0.3, -0.25) is 24.0 Å². The van der Waals surface area contributed by atoms with Gasteiger partial charge in [0.25, 0.3) is 0 Å². The standard InChI is InChI=1S/3C17H16O2.2C16H14O2/c1-10-7-8-13(9-12(10)3)15-14-6-4-5-11(2)16(14)19-17(15)18;1-10-7-8-13(12(3)9-10)15-14-6-4-5-11(2)16(14)19-17(15)18;1-3-12-8-4-5-9-13(12)15-14-10-6-7-11(2)16(14)19-17(15)18;1-10-5-3-7-12(9-10)14-13-8-4-6-11(2)15(13)18-16(14)17;1-10-6-3-4-8-12(10)14-13-9-5-7-11(2)15(13)18-16(14)17/h2*4-9,15H,1-3H3;4-10,15H,3H2,1-2H3;2*3-9,14H,1-2H3. The normalized spacial score (nSPS) is 17.3. The van der Waals surface area contributed by atoms with Gasteiger partial charge in [-0.05, 0) is 166 Å². The van der Waals surface area contributed by atoms with Crippen molar-refractivity contribution in [3.63, 3.8) is 0 Å². The lowest BCUT2D eigenvalue weighted by molar-refractivity contribution is -0.134. The molecule has 5 unspecified atom stereocenters. The number of carbonyl (C=O) groups is 5. The van der Waals surface area contributed by atoms with Crippen LogP contribution in [0.4, 0.5) is 0 Å². The van der Waals surface area contributed by atoms with E-state index in [1.54, 1.807) is 0 Å². The fourth-order valence-corrected chi connectivity index (χ4v) is 13.1. The minimum atomic E-state index is -0.283. The largest absolute Gasteiger partial charge is 0.425 e. The van der Waals surface area contributed by atoms with E-state index in [2.05, 4.69) is 52.0 Å². The van der Waals surface area contributed by atoms with E-state index in [0.29, 0.717) is 0 Å². The van der Waals surface area contributed by atoms with E-state index in [1.807, 2.05) is 231 Å². The molecule has 5 heterocycles. The summed E-state index contributed by atoms with van der Waals surface area (Å²) >= 11 is 0. The first kappa shape index (κ1) is 64.1. The Hall–Kier alpha value is -10.5. The molecule has 0 saturated carbocycles. The number of esters is 5. The third-order valence-corrected chi connectivity index (χ3v) is 18.2. The summed E-state index contributed by atoms with van der Waals surface area (Å²) in [5.74, 6) is 1.42. The number of ether oxygens (including phenoxy) is 5. The number of rotatable bonds is 6. The molecule has 10 aromatic rings. The molecule has 5 aliphatic heterocycles. The summed E-state index contributed by atoms with van der Waals surface area (Å²) in [6.45, 7) is 24.2. The third-order valence-electron chi connectivity index (χ3n) is 18.2. The quantitative estimate of drug-likeness (QED) is 0.117. The zero-order valence-electron chi connectivity index (χ0n) is 54.7. The van der Waals surface area contributed by atoms with Gasteiger partial charge in [-0.2, -0.15) is 0 Å². The zero-order chi connectivity index (χ0) is 65.9. The number of fused-ring (bicyclic) bond motifs is 5. The van der Waals surface area contributed by atoms with Crippen LogP contribution in [0.3, 0.4) is 0 Å². The van der Waals surface area contributed by atoms with E-state index in [4.69, 9.17) is 23.7 Å². The summed E-state index contributed by atoms with van der Waals surface area (Å²) in [5.41, 5.74) is 23.4. The van der Waals surface area contributed by atoms with Crippen LogP contribution in [-0.4, -0.2) is 29.8 Å². The summed E-state index contributed by atoms with van der Waals surface area (Å²) in [6.07, 6.45) is 0.918. The van der Waals surface area contributed by atoms with Crippen LogP contribution < -0.4 is 23.7 Å². The van der Waals surface area contributed by atoms with Gasteiger partial charge in [0.05, 0.1) is 0 Å². The Balaban J connectivity index is 0.000000119. The first-order valence-corrected chi connectivity index (χ1v) is 31.6. The predicted octanol–water partition coefficient (Wildman–Crippen LogP) is 17.6. The fourth-order valence-electron chi connectivity index (χ4n) is 13.1. The molecule has 5 aliphatic rings. The van der Waals surface area contributed by atoms with Gasteiger partial charge < -0.3 is 23.7 Å². The van der Waals surface area contributed by atoms with Crippen molar-refractivity contribution in [2.45, 2.75) is 119 Å². The van der Waals surface area contributed by atoms with Crippen molar-refractivity contribution in [2.24, 2.45) is 0 Å². The molecule has 93 heavy (non-hydrogen) atoms. The number of hydrogen-bond acceptors (Lipinski definition) is 10. The maximum absolute atomic E-state index is 12.2. The molecule has 10 nitrogen and oxygen atoms in total. The summed E-state index contributed by atoms with van der Waals surface area (Å²) in [5, 5.41) is 0. The lowest BCUT2D eigenvalue weighted by Gasteiger charge is -2.12. The van der Waals surface area contributed by atoms with Crippen molar-refractivity contribution >= 4 is 29.8 Å². The monoisotopic (exact) mass is 1230 g/mol. The molecule has 0 fully saturated rings. The van der Waals surface area contributed by atoms with E-state index >= 15 is 0 Å². The Morgan fingerprint density at radius 3 is 0.989 bits per heavy atom. The topological polar surface area (TPSA) is 132 Å². The number of hydrogen-bond donors (Lipinski definition) is 0. The van der Waals surface area contributed by atoms with Crippen LogP contribution in [0.5, 0.6) is 28.7 Å². The average molecular weight is 1230 g/mol. The van der Waals surface area contributed by atoms with Crippen LogP contribution in [0.1, 0.15) is 159 Å². The maximum Gasteiger partial charge on any atom is 0.323 e. The van der Waals surface area contributed by atoms with Crippen LogP contribution >= 0.6 is 0 Å². The highest BCUT2D eigenvalue weighted by atomic mass is 16.6. The second-order valence-corrected chi connectivity index (χ2v) is 24.8. The van der Waals surface area contributed by atoms with Gasteiger partial charge in [-0.25, -0.2) is 0 Å². The van der Waals surface area contributed by atoms with Gasteiger partial charge in [0.1, 0.15) is 58.3 Å². The SMILES string of the molecule is CCc1ccccc1C1C(=O)Oc2c(C)cccc21.Cc1ccc(C2C(=O)Oc3c(C)cccc32)c(C)c1.Cc1ccc(C2C(=O)Oc3c(C)cccc32)cc1C.Cc1cccc(C2C(=O)Oc3c(C)cccc32)c1.Cc1ccccc1C1C(=O)Oc2c(C)cccc21. The molecule has 10 heteroatoms. The van der Waals surface area contributed by atoms with Crippen molar-refractivity contribution < 1.29 is 47.7 Å². The first-order chi connectivity index (χ1) is 44.7. The summed E-state index contributed by atoms with van der Waals surface area (Å²) in [7, 11) is 0. The Bertz CT molecular complexity index is 4590. The van der Waals surface area contributed by atoms with Gasteiger partial charge in [-0.15, -0.1) is 0 Å². The number of carbonyl (C=O) groups excluding carboxylic acids is 5. The lowest BCUT2D eigenvalue weighted by atomic mass is 9.88. The Morgan fingerprint density at radius 1 is 0.247 bits per heavy atom. The van der Waals surface area contributed by atoms with Crippen molar-refractivity contribution in [3.8, 4) is 28.7 Å². The minimum Gasteiger partial charge on any atom is -0.425 e. The first-order valence-electron chi connectivity index (χ1n) is 31.6. The van der Waals surface area contributed by atoms with Gasteiger partial charge in [0, 0.05) is 27.8 Å². The van der Waals surface area contributed by atoms with E-state index in [0.717, 1.165) is 135 Å². The zero-order valence-corrected chi connectivity index (χ0v) is 54.7. The van der Waals surface area contributed by atoms with Crippen molar-refractivity contribution in [1.82, 2.24) is 0 Å². The van der Waals surface area contributed by atoms with Crippen LogP contribution in [0.15, 0.2) is 200 Å². The molecule has 468 valence electrons. The second-order valence-electron chi connectivity index (χ2n) is 24.8. The average Bonchev–Trinajstić information content (AvgIpc) is 1.70. The smallest absolute Gasteiger partial charge is 0.323 e. The highest BCUT2D eigenvalue weighted by molar-refractivity contribution is 5.93. The Kier molecular flexibility index (Phi) is 18.7. The predicted molar refractivity (Wildman–Crippen MR) is 363 cm³/mol. The van der Waals surface area contributed by atoms with Crippen LogP contribution in [0, 0.1) is 76.2 Å². The van der Waals surface area contributed by atoms with Gasteiger partial charge in [0.15, 0.2) is 0 Å². The number of aryl methyl sites for hydroxylation is 12. The Morgan fingerprint density at radius 2 is 0.581 bits per heavy atom. The number of para-hydroxylation sites is 5. The molecule has 0 spiro atoms. The molecule has 15 rings (SSSR count). The van der Waals surface area contributed by atoms with Crippen molar-refractivity contribution in [1.29, 1.82) is 0 Å². The molecular formula is C83H76O10. The van der Waals surface area contributed by atoms with Crippen molar-refractivity contribution in [2.75, 3.05) is 0 Å². The molecule has 0 amide bonds. The van der Waals surface area contributed by atoms with Crippen LogP contribution in [0.2, 0.25) is 0 Å². The van der Waals surface area contributed by atoms with Gasteiger partial charge in [-0.1, -0.05) is 218 Å².